The van der Waals surface area contributed by atoms with Crippen molar-refractivity contribution >= 4 is 10.9 Å². The van der Waals surface area contributed by atoms with E-state index in [2.05, 4.69) is 47.5 Å². The monoisotopic (exact) mass is 241 g/mol. The van der Waals surface area contributed by atoms with Crippen LogP contribution in [-0.4, -0.2) is 35.6 Å². The highest BCUT2D eigenvalue weighted by molar-refractivity contribution is 5.78. The predicted molar refractivity (Wildman–Crippen MR) is 74.5 cm³/mol. The fraction of sp³-hybridized carbons (Fsp3) is 0.400. The largest absolute Gasteiger partial charge is 0.314 e. The Morgan fingerprint density at radius 1 is 1.28 bits per heavy atom. The van der Waals surface area contributed by atoms with E-state index in [4.69, 9.17) is 4.98 Å². The van der Waals surface area contributed by atoms with Gasteiger partial charge in [-0.1, -0.05) is 24.3 Å². The summed E-state index contributed by atoms with van der Waals surface area (Å²) in [6, 6.07) is 13.2. The number of benzene rings is 1. The second-order valence-electron chi connectivity index (χ2n) is 5.02. The standard InChI is InChI=1S/C15H19N3/c1-12-10-16-8-9-18(12)11-14-7-6-13-4-2-3-5-15(13)17-14/h2-7,12,16H,8-11H2,1H3. The molecule has 1 N–H and O–H groups in total. The Labute approximate surface area is 108 Å². The molecule has 94 valence electrons. The lowest BCUT2D eigenvalue weighted by molar-refractivity contribution is 0.164. The summed E-state index contributed by atoms with van der Waals surface area (Å²) in [5.74, 6) is 0. The molecular weight excluding hydrogens is 222 g/mol. The molecule has 1 atom stereocenters. The van der Waals surface area contributed by atoms with Crippen LogP contribution in [0, 0.1) is 0 Å². The van der Waals surface area contributed by atoms with Gasteiger partial charge in [-0.15, -0.1) is 0 Å². The first kappa shape index (κ1) is 11.6. The topological polar surface area (TPSA) is 28.2 Å². The van der Waals surface area contributed by atoms with Crippen LogP contribution >= 0.6 is 0 Å². The summed E-state index contributed by atoms with van der Waals surface area (Å²) in [5.41, 5.74) is 2.26. The second kappa shape index (κ2) is 5.04. The minimum atomic E-state index is 0.590. The third-order valence-electron chi connectivity index (χ3n) is 3.66. The van der Waals surface area contributed by atoms with Gasteiger partial charge in [0.2, 0.25) is 0 Å². The summed E-state index contributed by atoms with van der Waals surface area (Å²) in [5, 5.41) is 4.64. The quantitative estimate of drug-likeness (QED) is 0.872. The summed E-state index contributed by atoms with van der Waals surface area (Å²) < 4.78 is 0. The van der Waals surface area contributed by atoms with Crippen LogP contribution in [0.4, 0.5) is 0 Å². The smallest absolute Gasteiger partial charge is 0.0705 e. The molecule has 2 heterocycles. The number of pyridine rings is 1. The maximum absolute atomic E-state index is 4.74. The van der Waals surface area contributed by atoms with Crippen LogP contribution in [0.1, 0.15) is 12.6 Å². The lowest BCUT2D eigenvalue weighted by atomic mass is 10.1. The highest BCUT2D eigenvalue weighted by atomic mass is 15.2. The van der Waals surface area contributed by atoms with Crippen molar-refractivity contribution in [2.75, 3.05) is 19.6 Å². The number of aromatic nitrogens is 1. The first-order chi connectivity index (χ1) is 8.83. The molecule has 0 saturated carbocycles. The van der Waals surface area contributed by atoms with Crippen LogP contribution < -0.4 is 5.32 Å². The molecule has 1 aromatic heterocycles. The lowest BCUT2D eigenvalue weighted by Crippen LogP contribution is -2.49. The van der Waals surface area contributed by atoms with Crippen molar-refractivity contribution in [3.8, 4) is 0 Å². The normalized spacial score (nSPS) is 21.3. The number of nitrogens with zero attached hydrogens (tertiary/aromatic N) is 2. The van der Waals surface area contributed by atoms with Crippen molar-refractivity contribution in [1.82, 2.24) is 15.2 Å². The third-order valence-corrected chi connectivity index (χ3v) is 3.66. The maximum Gasteiger partial charge on any atom is 0.0705 e. The zero-order valence-electron chi connectivity index (χ0n) is 10.8. The Bertz CT molecular complexity index is 538. The van der Waals surface area contributed by atoms with Crippen molar-refractivity contribution in [2.24, 2.45) is 0 Å². The van der Waals surface area contributed by atoms with Crippen LogP contribution in [0.3, 0.4) is 0 Å². The molecule has 0 aliphatic carbocycles. The molecule has 3 heteroatoms. The minimum Gasteiger partial charge on any atom is -0.314 e. The summed E-state index contributed by atoms with van der Waals surface area (Å²) in [6.45, 7) is 6.49. The van der Waals surface area contributed by atoms with Crippen molar-refractivity contribution in [3.63, 3.8) is 0 Å². The second-order valence-corrected chi connectivity index (χ2v) is 5.02. The molecule has 3 nitrogen and oxygen atoms in total. The van der Waals surface area contributed by atoms with Gasteiger partial charge in [-0.25, -0.2) is 0 Å². The van der Waals surface area contributed by atoms with Gasteiger partial charge in [-0.2, -0.15) is 0 Å². The van der Waals surface area contributed by atoms with Gasteiger partial charge < -0.3 is 5.32 Å². The van der Waals surface area contributed by atoms with Gasteiger partial charge in [0.1, 0.15) is 0 Å². The van der Waals surface area contributed by atoms with Gasteiger partial charge in [0.05, 0.1) is 11.2 Å². The van der Waals surface area contributed by atoms with Crippen LogP contribution in [0.2, 0.25) is 0 Å². The number of nitrogens with one attached hydrogen (secondary N) is 1. The molecule has 0 spiro atoms. The van der Waals surface area contributed by atoms with Gasteiger partial charge in [-0.05, 0) is 19.1 Å². The van der Waals surface area contributed by atoms with E-state index >= 15 is 0 Å². The molecule has 0 radical (unpaired) electrons. The minimum absolute atomic E-state index is 0.590. The molecule has 0 bridgehead atoms. The van der Waals surface area contributed by atoms with Crippen molar-refractivity contribution in [3.05, 3.63) is 42.1 Å². The molecule has 1 saturated heterocycles. The predicted octanol–water partition coefficient (Wildman–Crippen LogP) is 2.03. The Morgan fingerprint density at radius 3 is 3.06 bits per heavy atom. The SMILES string of the molecule is CC1CNCCN1Cc1ccc2ccccc2n1. The Hall–Kier alpha value is -1.45. The number of hydrogen-bond donors (Lipinski definition) is 1. The van der Waals surface area contributed by atoms with Gasteiger partial charge >= 0.3 is 0 Å². The summed E-state index contributed by atoms with van der Waals surface area (Å²) >= 11 is 0. The van der Waals surface area contributed by atoms with Crippen LogP contribution in [0.15, 0.2) is 36.4 Å². The summed E-state index contributed by atoms with van der Waals surface area (Å²) in [7, 11) is 0. The average Bonchev–Trinajstić information content (AvgIpc) is 2.41. The van der Waals surface area contributed by atoms with Gasteiger partial charge in [0.25, 0.3) is 0 Å². The maximum atomic E-state index is 4.74. The highest BCUT2D eigenvalue weighted by Gasteiger charge is 2.18. The average molecular weight is 241 g/mol. The van der Waals surface area contributed by atoms with Gasteiger partial charge in [0.15, 0.2) is 0 Å². The fourth-order valence-electron chi connectivity index (χ4n) is 2.52. The molecule has 3 rings (SSSR count). The van der Waals surface area contributed by atoms with E-state index in [-0.39, 0.29) is 0 Å². The number of hydrogen-bond acceptors (Lipinski definition) is 3. The lowest BCUT2D eigenvalue weighted by Gasteiger charge is -2.33. The van der Waals surface area contributed by atoms with E-state index in [1.165, 1.54) is 11.1 Å². The van der Waals surface area contributed by atoms with Crippen molar-refractivity contribution in [1.29, 1.82) is 0 Å². The highest BCUT2D eigenvalue weighted by Crippen LogP contribution is 2.14. The molecule has 1 aromatic carbocycles. The first-order valence-corrected chi connectivity index (χ1v) is 6.62. The Morgan fingerprint density at radius 2 is 2.17 bits per heavy atom. The van der Waals surface area contributed by atoms with E-state index in [1.54, 1.807) is 0 Å². The number of para-hydroxylation sites is 1. The summed E-state index contributed by atoms with van der Waals surface area (Å²) in [4.78, 5) is 7.24. The van der Waals surface area contributed by atoms with Crippen molar-refractivity contribution < 1.29 is 0 Å². The molecule has 1 aliphatic rings. The molecule has 18 heavy (non-hydrogen) atoms. The Balaban J connectivity index is 1.81. The zero-order valence-corrected chi connectivity index (χ0v) is 10.8. The van der Waals surface area contributed by atoms with Crippen molar-refractivity contribution in [2.45, 2.75) is 19.5 Å². The Kier molecular flexibility index (Phi) is 3.26. The molecule has 1 aliphatic heterocycles. The van der Waals surface area contributed by atoms with E-state index in [0.29, 0.717) is 6.04 Å². The zero-order chi connectivity index (χ0) is 12.4. The number of rotatable bonds is 2. The van der Waals surface area contributed by atoms with Crippen LogP contribution in [0.5, 0.6) is 0 Å². The molecular formula is C15H19N3. The summed E-state index contributed by atoms with van der Waals surface area (Å²) in [6.07, 6.45) is 0. The van der Waals surface area contributed by atoms with Gasteiger partial charge in [-0.3, -0.25) is 9.88 Å². The third kappa shape index (κ3) is 2.37. The van der Waals surface area contributed by atoms with Crippen LogP contribution in [0.25, 0.3) is 10.9 Å². The van der Waals surface area contributed by atoms with E-state index in [0.717, 1.165) is 31.7 Å². The molecule has 1 unspecified atom stereocenters. The van der Waals surface area contributed by atoms with Gasteiger partial charge in [0, 0.05) is 37.6 Å². The first-order valence-electron chi connectivity index (χ1n) is 6.62. The molecule has 1 fully saturated rings. The van der Waals surface area contributed by atoms with Crippen LogP contribution in [-0.2, 0) is 6.54 Å². The fourth-order valence-corrected chi connectivity index (χ4v) is 2.52. The number of piperazine rings is 1. The molecule has 0 amide bonds. The van der Waals surface area contributed by atoms with E-state index < -0.39 is 0 Å². The van der Waals surface area contributed by atoms with E-state index in [1.807, 2.05) is 6.07 Å². The molecule has 2 aromatic rings. The number of fused-ring (bicyclic) bond motifs is 1. The van der Waals surface area contributed by atoms with E-state index in [9.17, 15) is 0 Å².